The average molecular weight is 278 g/mol. The third-order valence-corrected chi connectivity index (χ3v) is 2.97. The zero-order chi connectivity index (χ0) is 14.9. The molecule has 1 amide bonds. The van der Waals surface area contributed by atoms with Gasteiger partial charge in [-0.3, -0.25) is 4.79 Å². The van der Waals surface area contributed by atoms with Crippen molar-refractivity contribution >= 4 is 17.7 Å². The van der Waals surface area contributed by atoms with Crippen LogP contribution in [0.4, 0.5) is 0 Å². The molecule has 0 aliphatic rings. The number of rotatable bonds is 5. The van der Waals surface area contributed by atoms with Crippen LogP contribution in [0.5, 0.6) is 0 Å². The fraction of sp³-hybridized carbons (Fsp3) is 0.111. The Morgan fingerprint density at radius 1 is 1.05 bits per heavy atom. The first-order valence-electron chi connectivity index (χ1n) is 6.94. The van der Waals surface area contributed by atoms with Gasteiger partial charge in [-0.25, -0.2) is 5.43 Å². The van der Waals surface area contributed by atoms with Gasteiger partial charge in [0.2, 0.25) is 0 Å². The predicted molar refractivity (Wildman–Crippen MR) is 87.1 cm³/mol. The van der Waals surface area contributed by atoms with Crippen molar-refractivity contribution in [2.45, 2.75) is 13.3 Å². The second-order valence-electron chi connectivity index (χ2n) is 4.51. The van der Waals surface area contributed by atoms with Crippen molar-refractivity contribution in [1.29, 1.82) is 0 Å². The summed E-state index contributed by atoms with van der Waals surface area (Å²) in [6.45, 7) is 2.00. The third kappa shape index (κ3) is 4.73. The molecule has 106 valence electrons. The van der Waals surface area contributed by atoms with Gasteiger partial charge in [0, 0.05) is 5.56 Å². The molecule has 3 nitrogen and oxygen atoms in total. The van der Waals surface area contributed by atoms with Crippen LogP contribution in [0.1, 0.15) is 29.3 Å². The largest absolute Gasteiger partial charge is 0.271 e. The maximum absolute atomic E-state index is 11.9. The summed E-state index contributed by atoms with van der Waals surface area (Å²) in [5.41, 5.74) is 5.11. The highest BCUT2D eigenvalue weighted by Gasteiger charge is 2.02. The van der Waals surface area contributed by atoms with Gasteiger partial charge in [0.15, 0.2) is 0 Å². The number of hydrogen-bond donors (Lipinski definition) is 1. The average Bonchev–Trinajstić information content (AvgIpc) is 2.56. The number of hydrazone groups is 1. The van der Waals surface area contributed by atoms with Crippen LogP contribution in [0.3, 0.4) is 0 Å². The van der Waals surface area contributed by atoms with Gasteiger partial charge >= 0.3 is 0 Å². The number of nitrogens with one attached hydrogen (secondary N) is 1. The van der Waals surface area contributed by atoms with Gasteiger partial charge in [0.05, 0.1) is 5.71 Å². The summed E-state index contributed by atoms with van der Waals surface area (Å²) < 4.78 is 0. The molecule has 0 bridgehead atoms. The summed E-state index contributed by atoms with van der Waals surface area (Å²) >= 11 is 0. The summed E-state index contributed by atoms with van der Waals surface area (Å²) in [6, 6.07) is 19.0. The molecule has 0 atom stereocenters. The minimum absolute atomic E-state index is 0.199. The van der Waals surface area contributed by atoms with E-state index in [0.29, 0.717) is 5.56 Å². The van der Waals surface area contributed by atoms with Gasteiger partial charge in [-0.05, 0) is 30.2 Å². The van der Waals surface area contributed by atoms with Gasteiger partial charge in [-0.15, -0.1) is 0 Å². The van der Waals surface area contributed by atoms with Crippen molar-refractivity contribution in [2.75, 3.05) is 0 Å². The molecule has 1 N–H and O–H groups in total. The SMILES string of the molecule is CCC(/C=C\c1ccccc1)=N\NC(=O)c1ccccc1. The van der Waals surface area contributed by atoms with Crippen molar-refractivity contribution in [3.63, 3.8) is 0 Å². The van der Waals surface area contributed by atoms with Gasteiger partial charge in [0.25, 0.3) is 5.91 Å². The van der Waals surface area contributed by atoms with Crippen LogP contribution in [0.15, 0.2) is 71.8 Å². The first-order chi connectivity index (χ1) is 10.3. The lowest BCUT2D eigenvalue weighted by Crippen LogP contribution is -2.18. The molecule has 0 fully saturated rings. The van der Waals surface area contributed by atoms with E-state index in [1.807, 2.05) is 67.6 Å². The van der Waals surface area contributed by atoms with Gasteiger partial charge < -0.3 is 0 Å². The summed E-state index contributed by atoms with van der Waals surface area (Å²) in [4.78, 5) is 11.9. The molecule has 0 aliphatic heterocycles. The molecule has 0 heterocycles. The Kier molecular flexibility index (Phi) is 5.47. The van der Waals surface area contributed by atoms with E-state index >= 15 is 0 Å². The zero-order valence-corrected chi connectivity index (χ0v) is 12.0. The molecule has 2 aromatic rings. The summed E-state index contributed by atoms with van der Waals surface area (Å²) in [6.07, 6.45) is 4.65. The minimum Gasteiger partial charge on any atom is -0.267 e. The molecule has 0 saturated carbocycles. The number of carbonyl (C=O) groups is 1. The highest BCUT2D eigenvalue weighted by Crippen LogP contribution is 2.02. The monoisotopic (exact) mass is 278 g/mol. The molecule has 2 rings (SSSR count). The number of nitrogens with zero attached hydrogens (tertiary/aromatic N) is 1. The fourth-order valence-corrected chi connectivity index (χ4v) is 1.77. The molecular formula is C18H18N2O. The number of amides is 1. The smallest absolute Gasteiger partial charge is 0.267 e. The lowest BCUT2D eigenvalue weighted by Gasteiger charge is -2.01. The van der Waals surface area contributed by atoms with Crippen molar-refractivity contribution in [2.24, 2.45) is 5.10 Å². The Bertz CT molecular complexity index is 631. The van der Waals surface area contributed by atoms with Gasteiger partial charge in [0.1, 0.15) is 0 Å². The number of benzene rings is 2. The lowest BCUT2D eigenvalue weighted by molar-refractivity contribution is 0.0955. The predicted octanol–water partition coefficient (Wildman–Crippen LogP) is 3.90. The standard InChI is InChI=1S/C18H18N2O/c1-2-17(14-13-15-9-5-3-6-10-15)19-20-18(21)16-11-7-4-8-12-16/h3-14H,2H2,1H3,(H,20,21)/b14-13-,19-17+. The topological polar surface area (TPSA) is 41.5 Å². The normalized spacial score (nSPS) is 11.6. The maximum atomic E-state index is 11.9. The first-order valence-corrected chi connectivity index (χ1v) is 6.94. The Morgan fingerprint density at radius 2 is 1.67 bits per heavy atom. The van der Waals surface area contributed by atoms with Crippen LogP contribution in [0.2, 0.25) is 0 Å². The molecule has 0 unspecified atom stereocenters. The van der Waals surface area contributed by atoms with E-state index in [4.69, 9.17) is 0 Å². The third-order valence-electron chi connectivity index (χ3n) is 2.97. The van der Waals surface area contributed by atoms with E-state index in [1.165, 1.54) is 0 Å². The van der Waals surface area contributed by atoms with Crippen LogP contribution in [-0.4, -0.2) is 11.6 Å². The Labute approximate surface area is 125 Å². The molecule has 0 radical (unpaired) electrons. The van der Waals surface area contributed by atoms with Crippen LogP contribution < -0.4 is 5.43 Å². The van der Waals surface area contributed by atoms with Crippen LogP contribution >= 0.6 is 0 Å². The first kappa shape index (κ1) is 14.7. The highest BCUT2D eigenvalue weighted by molar-refractivity contribution is 6.00. The Balaban J connectivity index is 2.01. The molecule has 3 heteroatoms. The number of hydrogen-bond acceptors (Lipinski definition) is 2. The van der Waals surface area contributed by atoms with Gasteiger partial charge in [-0.1, -0.05) is 61.5 Å². The zero-order valence-electron chi connectivity index (χ0n) is 12.0. The summed E-state index contributed by atoms with van der Waals surface area (Å²) in [7, 11) is 0. The quantitative estimate of drug-likeness (QED) is 0.654. The minimum atomic E-state index is -0.199. The van der Waals surface area contributed by atoms with E-state index in [9.17, 15) is 4.79 Å². The van der Waals surface area contributed by atoms with Crippen LogP contribution in [-0.2, 0) is 0 Å². The number of allylic oxidation sites excluding steroid dienone is 1. The Hall–Kier alpha value is -2.68. The van der Waals surface area contributed by atoms with E-state index in [-0.39, 0.29) is 5.91 Å². The molecule has 21 heavy (non-hydrogen) atoms. The number of carbonyl (C=O) groups excluding carboxylic acids is 1. The van der Waals surface area contributed by atoms with Crippen LogP contribution in [0, 0.1) is 0 Å². The molecular weight excluding hydrogens is 260 g/mol. The van der Waals surface area contributed by atoms with E-state index < -0.39 is 0 Å². The van der Waals surface area contributed by atoms with E-state index in [0.717, 1.165) is 17.7 Å². The molecule has 0 saturated heterocycles. The van der Waals surface area contributed by atoms with Gasteiger partial charge in [-0.2, -0.15) is 5.10 Å². The summed E-state index contributed by atoms with van der Waals surface area (Å²) in [5.74, 6) is -0.199. The van der Waals surface area contributed by atoms with E-state index in [2.05, 4.69) is 10.5 Å². The van der Waals surface area contributed by atoms with Crippen molar-refractivity contribution in [3.8, 4) is 0 Å². The highest BCUT2D eigenvalue weighted by atomic mass is 16.2. The lowest BCUT2D eigenvalue weighted by atomic mass is 10.2. The Morgan fingerprint density at radius 3 is 2.29 bits per heavy atom. The molecule has 0 spiro atoms. The maximum Gasteiger partial charge on any atom is 0.271 e. The van der Waals surface area contributed by atoms with Crippen molar-refractivity contribution < 1.29 is 4.79 Å². The molecule has 0 aliphatic carbocycles. The second kappa shape index (κ2) is 7.80. The van der Waals surface area contributed by atoms with E-state index in [1.54, 1.807) is 12.1 Å². The fourth-order valence-electron chi connectivity index (χ4n) is 1.77. The summed E-state index contributed by atoms with van der Waals surface area (Å²) in [5, 5.41) is 4.16. The van der Waals surface area contributed by atoms with Crippen molar-refractivity contribution in [3.05, 3.63) is 77.9 Å². The van der Waals surface area contributed by atoms with Crippen LogP contribution in [0.25, 0.3) is 6.08 Å². The molecule has 0 aromatic heterocycles. The second-order valence-corrected chi connectivity index (χ2v) is 4.51. The van der Waals surface area contributed by atoms with Crippen molar-refractivity contribution in [1.82, 2.24) is 5.43 Å². The molecule has 2 aromatic carbocycles.